The molecular formula is C21H27FN2O5. The van der Waals surface area contributed by atoms with E-state index < -0.39 is 29.4 Å². The molecule has 1 aromatic carbocycles. The molecule has 0 bridgehead atoms. The van der Waals surface area contributed by atoms with Crippen LogP contribution in [0.15, 0.2) is 24.3 Å². The Morgan fingerprint density at radius 2 is 1.90 bits per heavy atom. The largest absolute Gasteiger partial charge is 0.481 e. The van der Waals surface area contributed by atoms with E-state index in [1.165, 1.54) is 13.2 Å². The van der Waals surface area contributed by atoms with Gasteiger partial charge in [-0.15, -0.1) is 0 Å². The van der Waals surface area contributed by atoms with Gasteiger partial charge < -0.3 is 19.5 Å². The quantitative estimate of drug-likeness (QED) is 0.707. The maximum Gasteiger partial charge on any atom is 0.407 e. The minimum absolute atomic E-state index is 0.00201. The second-order valence-corrected chi connectivity index (χ2v) is 7.49. The molecule has 29 heavy (non-hydrogen) atoms. The number of benzene rings is 1. The molecule has 0 saturated heterocycles. The van der Waals surface area contributed by atoms with Gasteiger partial charge in [-0.05, 0) is 52.3 Å². The number of nitrogens with zero attached hydrogens (tertiary/aromatic N) is 1. The number of esters is 1. The van der Waals surface area contributed by atoms with Crippen LogP contribution in [0.25, 0.3) is 10.9 Å². The van der Waals surface area contributed by atoms with Crippen molar-refractivity contribution in [3.8, 4) is 5.88 Å². The van der Waals surface area contributed by atoms with Crippen LogP contribution < -0.4 is 10.1 Å². The van der Waals surface area contributed by atoms with E-state index in [2.05, 4.69) is 10.3 Å². The molecule has 1 atom stereocenters. The van der Waals surface area contributed by atoms with Crippen LogP contribution in [0.3, 0.4) is 0 Å². The van der Waals surface area contributed by atoms with Gasteiger partial charge in [0.05, 0.1) is 25.2 Å². The number of carbonyl (C=O) groups is 2. The average molecular weight is 406 g/mol. The van der Waals surface area contributed by atoms with E-state index in [4.69, 9.17) is 14.2 Å². The molecule has 0 aliphatic heterocycles. The van der Waals surface area contributed by atoms with Crippen molar-refractivity contribution in [3.05, 3.63) is 35.6 Å². The summed E-state index contributed by atoms with van der Waals surface area (Å²) in [5.41, 5.74) is -0.0208. The van der Waals surface area contributed by atoms with Gasteiger partial charge in [0.25, 0.3) is 0 Å². The van der Waals surface area contributed by atoms with Crippen LogP contribution in [-0.2, 0) is 20.7 Å². The molecule has 0 saturated carbocycles. The molecule has 0 aliphatic carbocycles. The number of fused-ring (bicyclic) bond motifs is 1. The maximum atomic E-state index is 14.6. The van der Waals surface area contributed by atoms with Gasteiger partial charge in [-0.2, -0.15) is 0 Å². The number of hydrogen-bond acceptors (Lipinski definition) is 6. The molecule has 1 aromatic heterocycles. The molecular weight excluding hydrogens is 379 g/mol. The Morgan fingerprint density at radius 3 is 2.52 bits per heavy atom. The number of aromatic nitrogens is 1. The van der Waals surface area contributed by atoms with E-state index in [0.717, 1.165) is 0 Å². The normalized spacial score (nSPS) is 12.3. The Kier molecular flexibility index (Phi) is 7.36. The Morgan fingerprint density at radius 1 is 1.21 bits per heavy atom. The molecule has 0 fully saturated rings. The SMILES string of the molecule is CCOC(=O)[C@H](CNC(=O)OC(C)(C)C)Cc1c(F)ccc2ccc(OC)nc12. The highest BCUT2D eigenvalue weighted by Crippen LogP contribution is 2.25. The zero-order valence-corrected chi connectivity index (χ0v) is 17.4. The van der Waals surface area contributed by atoms with Crippen LogP contribution in [0.1, 0.15) is 33.3 Å². The van der Waals surface area contributed by atoms with E-state index in [1.54, 1.807) is 45.9 Å². The Bertz CT molecular complexity index is 879. The molecule has 2 aromatic rings. The average Bonchev–Trinajstić information content (AvgIpc) is 2.64. The third-order valence-corrected chi connectivity index (χ3v) is 4.06. The highest BCUT2D eigenvalue weighted by molar-refractivity contribution is 5.83. The summed E-state index contributed by atoms with van der Waals surface area (Å²) in [5.74, 6) is -1.51. The first-order chi connectivity index (χ1) is 13.6. The van der Waals surface area contributed by atoms with E-state index in [1.807, 2.05) is 0 Å². The first kappa shape index (κ1) is 22.4. The Hall–Kier alpha value is -2.90. The highest BCUT2D eigenvalue weighted by atomic mass is 19.1. The smallest absolute Gasteiger partial charge is 0.407 e. The van der Waals surface area contributed by atoms with Gasteiger partial charge in [-0.1, -0.05) is 0 Å². The van der Waals surface area contributed by atoms with Crippen molar-refractivity contribution < 1.29 is 28.2 Å². The van der Waals surface area contributed by atoms with Crippen LogP contribution in [0.4, 0.5) is 9.18 Å². The number of rotatable bonds is 7. The second-order valence-electron chi connectivity index (χ2n) is 7.49. The number of amides is 1. The fraction of sp³-hybridized carbons (Fsp3) is 0.476. The van der Waals surface area contributed by atoms with Crippen molar-refractivity contribution in [2.24, 2.45) is 5.92 Å². The molecule has 7 nitrogen and oxygen atoms in total. The minimum atomic E-state index is -0.810. The number of carbonyl (C=O) groups excluding carboxylic acids is 2. The summed E-state index contributed by atoms with van der Waals surface area (Å²) in [6.45, 7) is 7.00. The van der Waals surface area contributed by atoms with Crippen LogP contribution >= 0.6 is 0 Å². The summed E-state index contributed by atoms with van der Waals surface area (Å²) in [6, 6.07) is 6.38. The molecule has 0 radical (unpaired) electrons. The summed E-state index contributed by atoms with van der Waals surface area (Å²) in [6.07, 6.45) is -0.664. The van der Waals surface area contributed by atoms with Gasteiger partial charge in [0.1, 0.15) is 11.4 Å². The second kappa shape index (κ2) is 9.54. The summed E-state index contributed by atoms with van der Waals surface area (Å²) in [4.78, 5) is 28.7. The number of halogens is 1. The molecule has 0 aliphatic rings. The zero-order valence-electron chi connectivity index (χ0n) is 17.4. The van der Waals surface area contributed by atoms with Crippen molar-refractivity contribution in [2.75, 3.05) is 20.3 Å². The van der Waals surface area contributed by atoms with E-state index in [-0.39, 0.29) is 25.1 Å². The van der Waals surface area contributed by atoms with Crippen molar-refractivity contribution in [1.82, 2.24) is 10.3 Å². The zero-order chi connectivity index (χ0) is 21.6. The highest BCUT2D eigenvalue weighted by Gasteiger charge is 2.25. The molecule has 0 spiro atoms. The molecule has 1 N–H and O–H groups in total. The number of hydrogen-bond donors (Lipinski definition) is 1. The van der Waals surface area contributed by atoms with Crippen LogP contribution in [0.2, 0.25) is 0 Å². The minimum Gasteiger partial charge on any atom is -0.481 e. The topological polar surface area (TPSA) is 86.8 Å². The lowest BCUT2D eigenvalue weighted by atomic mass is 9.96. The van der Waals surface area contributed by atoms with Gasteiger partial charge in [0.2, 0.25) is 5.88 Å². The van der Waals surface area contributed by atoms with Crippen molar-refractivity contribution >= 4 is 23.0 Å². The lowest BCUT2D eigenvalue weighted by molar-refractivity contribution is -0.147. The monoisotopic (exact) mass is 406 g/mol. The van der Waals surface area contributed by atoms with Gasteiger partial charge in [0.15, 0.2) is 0 Å². The number of methoxy groups -OCH3 is 1. The molecule has 1 amide bonds. The van der Waals surface area contributed by atoms with Crippen LogP contribution in [0.5, 0.6) is 5.88 Å². The number of nitrogens with one attached hydrogen (secondary N) is 1. The van der Waals surface area contributed by atoms with Crippen LogP contribution in [0, 0.1) is 11.7 Å². The molecule has 158 valence electrons. The molecule has 2 rings (SSSR count). The first-order valence-electron chi connectivity index (χ1n) is 9.40. The van der Waals surface area contributed by atoms with Gasteiger partial charge in [-0.25, -0.2) is 14.2 Å². The predicted molar refractivity (Wildman–Crippen MR) is 106 cm³/mol. The van der Waals surface area contributed by atoms with Crippen molar-refractivity contribution in [2.45, 2.75) is 39.7 Å². The van der Waals surface area contributed by atoms with E-state index in [0.29, 0.717) is 16.8 Å². The van der Waals surface area contributed by atoms with Gasteiger partial charge in [0, 0.05) is 23.6 Å². The molecule has 1 heterocycles. The number of pyridine rings is 1. The third kappa shape index (κ3) is 6.30. The lowest BCUT2D eigenvalue weighted by Crippen LogP contribution is -2.38. The first-order valence-corrected chi connectivity index (χ1v) is 9.40. The van der Waals surface area contributed by atoms with Crippen LogP contribution in [-0.4, -0.2) is 42.9 Å². The van der Waals surface area contributed by atoms with E-state index >= 15 is 0 Å². The molecule has 0 unspecified atom stereocenters. The third-order valence-electron chi connectivity index (χ3n) is 4.06. The van der Waals surface area contributed by atoms with E-state index in [9.17, 15) is 14.0 Å². The summed E-state index contributed by atoms with van der Waals surface area (Å²) in [7, 11) is 1.47. The summed E-state index contributed by atoms with van der Waals surface area (Å²) in [5, 5.41) is 3.27. The maximum absolute atomic E-state index is 14.6. The Balaban J connectivity index is 2.30. The fourth-order valence-electron chi connectivity index (χ4n) is 2.78. The number of ether oxygens (including phenoxy) is 3. The summed E-state index contributed by atoms with van der Waals surface area (Å²) >= 11 is 0. The Labute approximate surface area is 169 Å². The number of alkyl carbamates (subject to hydrolysis) is 1. The predicted octanol–water partition coefficient (Wildman–Crippen LogP) is 3.63. The van der Waals surface area contributed by atoms with Crippen molar-refractivity contribution in [3.63, 3.8) is 0 Å². The van der Waals surface area contributed by atoms with Gasteiger partial charge in [-0.3, -0.25) is 4.79 Å². The molecule has 8 heteroatoms. The van der Waals surface area contributed by atoms with Crippen molar-refractivity contribution in [1.29, 1.82) is 0 Å². The lowest BCUT2D eigenvalue weighted by Gasteiger charge is -2.22. The standard InChI is InChI=1S/C21H27FN2O5/c1-6-28-19(25)14(12-23-20(26)29-21(2,3)4)11-15-16(22)9-7-13-8-10-17(27-5)24-18(13)15/h7-10,14H,6,11-12H2,1-5H3,(H,23,26)/t14-/m0/s1. The summed E-state index contributed by atoms with van der Waals surface area (Å²) < 4.78 is 30.1. The fourth-order valence-corrected chi connectivity index (χ4v) is 2.78. The van der Waals surface area contributed by atoms with Gasteiger partial charge >= 0.3 is 12.1 Å².